The fourth-order valence-corrected chi connectivity index (χ4v) is 2.17. The summed E-state index contributed by atoms with van der Waals surface area (Å²) in [6, 6.07) is 4.10. The zero-order chi connectivity index (χ0) is 13.2. The Morgan fingerprint density at radius 1 is 1.37 bits per heavy atom. The van der Waals surface area contributed by atoms with Crippen LogP contribution in [0.15, 0.2) is 22.9 Å². The number of hydrogen-bond donors (Lipinski definition) is 1. The summed E-state index contributed by atoms with van der Waals surface area (Å²) in [5, 5.41) is 7.37. The molecular weight excluding hydrogens is 242 g/mol. The van der Waals surface area contributed by atoms with Gasteiger partial charge in [-0.05, 0) is 31.5 Å². The number of pyridine rings is 1. The molecule has 2 aromatic heterocycles. The predicted octanol–water partition coefficient (Wildman–Crippen LogP) is 1.62. The number of hydrogen-bond acceptors (Lipinski definition) is 6. The second-order valence-corrected chi connectivity index (χ2v) is 4.90. The van der Waals surface area contributed by atoms with Crippen molar-refractivity contribution in [2.75, 3.05) is 25.5 Å². The van der Waals surface area contributed by atoms with Gasteiger partial charge in [-0.1, -0.05) is 5.16 Å². The molecule has 1 aliphatic rings. The Morgan fingerprint density at radius 3 is 2.89 bits per heavy atom. The molecule has 1 fully saturated rings. The molecule has 6 nitrogen and oxygen atoms in total. The molecule has 3 rings (SSSR count). The summed E-state index contributed by atoms with van der Waals surface area (Å²) in [7, 11) is 3.92. The molecule has 1 aliphatic heterocycles. The number of nitrogens with one attached hydrogen (secondary N) is 1. The third kappa shape index (κ3) is 2.44. The summed E-state index contributed by atoms with van der Waals surface area (Å²) in [4.78, 5) is 10.7. The van der Waals surface area contributed by atoms with Crippen LogP contribution in [0.4, 0.5) is 5.82 Å². The highest BCUT2D eigenvalue weighted by molar-refractivity contribution is 5.55. The van der Waals surface area contributed by atoms with E-state index in [9.17, 15) is 0 Å². The molecule has 0 spiro atoms. The summed E-state index contributed by atoms with van der Waals surface area (Å²) in [5.41, 5.74) is 0.874. The number of rotatable bonds is 3. The normalized spacial score (nSPS) is 18.7. The van der Waals surface area contributed by atoms with Crippen molar-refractivity contribution in [3.05, 3.63) is 24.2 Å². The van der Waals surface area contributed by atoms with E-state index in [0.717, 1.165) is 30.8 Å². The summed E-state index contributed by atoms with van der Waals surface area (Å²) >= 11 is 0. The van der Waals surface area contributed by atoms with Crippen LogP contribution in [0.5, 0.6) is 0 Å². The minimum absolute atomic E-state index is 0.204. The van der Waals surface area contributed by atoms with Crippen molar-refractivity contribution in [3.63, 3.8) is 0 Å². The Hall–Kier alpha value is -1.95. The first-order valence-corrected chi connectivity index (χ1v) is 6.45. The fourth-order valence-electron chi connectivity index (χ4n) is 2.17. The Kier molecular flexibility index (Phi) is 3.16. The minimum atomic E-state index is 0.204. The lowest BCUT2D eigenvalue weighted by molar-refractivity contribution is 0.345. The lowest BCUT2D eigenvalue weighted by atomic mass is 10.2. The summed E-state index contributed by atoms with van der Waals surface area (Å²) in [6.45, 7) is 1.02. The molecule has 1 N–H and O–H groups in total. The van der Waals surface area contributed by atoms with E-state index in [1.165, 1.54) is 0 Å². The average Bonchev–Trinajstić information content (AvgIpc) is 3.10. The molecule has 100 valence electrons. The Balaban J connectivity index is 1.81. The van der Waals surface area contributed by atoms with Gasteiger partial charge in [0, 0.05) is 25.9 Å². The molecule has 19 heavy (non-hydrogen) atoms. The summed E-state index contributed by atoms with van der Waals surface area (Å²) in [5.74, 6) is 2.18. The molecular formula is C13H17N5O. The van der Waals surface area contributed by atoms with Crippen LogP contribution in [-0.4, -0.2) is 35.8 Å². The first kappa shape index (κ1) is 12.1. The first-order valence-electron chi connectivity index (χ1n) is 6.45. The fraction of sp³-hybridized carbons (Fsp3) is 0.462. The van der Waals surface area contributed by atoms with Crippen molar-refractivity contribution < 1.29 is 4.52 Å². The number of anilines is 1. The summed E-state index contributed by atoms with van der Waals surface area (Å²) < 4.78 is 5.32. The number of aromatic nitrogens is 3. The van der Waals surface area contributed by atoms with Crippen LogP contribution in [0.25, 0.3) is 11.4 Å². The minimum Gasteiger partial charge on any atom is -0.363 e. The Morgan fingerprint density at radius 2 is 2.26 bits per heavy atom. The van der Waals surface area contributed by atoms with E-state index >= 15 is 0 Å². The largest absolute Gasteiger partial charge is 0.363 e. The molecule has 6 heteroatoms. The van der Waals surface area contributed by atoms with Crippen molar-refractivity contribution in [2.24, 2.45) is 0 Å². The molecule has 0 bridgehead atoms. The highest BCUT2D eigenvalue weighted by Crippen LogP contribution is 2.24. The molecule has 3 heterocycles. The van der Waals surface area contributed by atoms with Gasteiger partial charge in [-0.3, -0.25) is 0 Å². The Bertz CT molecular complexity index is 542. The number of nitrogens with zero attached hydrogens (tertiary/aromatic N) is 4. The maximum Gasteiger partial charge on any atom is 0.244 e. The van der Waals surface area contributed by atoms with Crippen molar-refractivity contribution in [1.29, 1.82) is 0 Å². The molecule has 0 aliphatic carbocycles. The molecule has 0 saturated carbocycles. The van der Waals surface area contributed by atoms with Crippen molar-refractivity contribution in [3.8, 4) is 11.4 Å². The van der Waals surface area contributed by atoms with E-state index in [2.05, 4.69) is 20.4 Å². The van der Waals surface area contributed by atoms with Gasteiger partial charge in [-0.2, -0.15) is 4.98 Å². The highest BCUT2D eigenvalue weighted by atomic mass is 16.5. The van der Waals surface area contributed by atoms with E-state index in [4.69, 9.17) is 4.52 Å². The third-order valence-corrected chi connectivity index (χ3v) is 3.26. The van der Waals surface area contributed by atoms with Gasteiger partial charge >= 0.3 is 0 Å². The molecule has 0 unspecified atom stereocenters. The highest BCUT2D eigenvalue weighted by Gasteiger charge is 2.22. The van der Waals surface area contributed by atoms with Crippen LogP contribution in [0.1, 0.15) is 24.8 Å². The molecule has 2 aromatic rings. The van der Waals surface area contributed by atoms with Crippen LogP contribution in [0.2, 0.25) is 0 Å². The van der Waals surface area contributed by atoms with Crippen molar-refractivity contribution >= 4 is 5.82 Å². The quantitative estimate of drug-likeness (QED) is 0.903. The zero-order valence-corrected chi connectivity index (χ0v) is 11.1. The van der Waals surface area contributed by atoms with Gasteiger partial charge in [0.2, 0.25) is 11.7 Å². The molecule has 0 amide bonds. The van der Waals surface area contributed by atoms with Crippen LogP contribution in [0, 0.1) is 0 Å². The van der Waals surface area contributed by atoms with E-state index in [1.807, 2.05) is 31.1 Å². The van der Waals surface area contributed by atoms with Gasteiger partial charge in [0.1, 0.15) is 5.82 Å². The van der Waals surface area contributed by atoms with Crippen LogP contribution in [0.3, 0.4) is 0 Å². The van der Waals surface area contributed by atoms with E-state index in [-0.39, 0.29) is 6.04 Å². The zero-order valence-electron chi connectivity index (χ0n) is 11.1. The average molecular weight is 259 g/mol. The maximum absolute atomic E-state index is 5.32. The van der Waals surface area contributed by atoms with Gasteiger partial charge < -0.3 is 14.7 Å². The molecule has 1 saturated heterocycles. The molecule has 0 aromatic carbocycles. The van der Waals surface area contributed by atoms with Crippen molar-refractivity contribution in [2.45, 2.75) is 18.9 Å². The van der Waals surface area contributed by atoms with Gasteiger partial charge in [-0.25, -0.2) is 4.98 Å². The SMILES string of the molecule is CN(C)c1ccc(-c2noc([C@@H]3CCCN3)n2)cn1. The monoisotopic (exact) mass is 259 g/mol. The molecule has 0 radical (unpaired) electrons. The third-order valence-electron chi connectivity index (χ3n) is 3.26. The van der Waals surface area contributed by atoms with Gasteiger partial charge in [0.05, 0.1) is 6.04 Å². The van der Waals surface area contributed by atoms with Crippen LogP contribution in [-0.2, 0) is 0 Å². The first-order chi connectivity index (χ1) is 9.24. The second kappa shape index (κ2) is 4.97. The van der Waals surface area contributed by atoms with E-state index < -0.39 is 0 Å². The lowest BCUT2D eigenvalue weighted by Crippen LogP contribution is -2.13. The van der Waals surface area contributed by atoms with Crippen molar-refractivity contribution in [1.82, 2.24) is 20.4 Å². The van der Waals surface area contributed by atoms with Crippen LogP contribution >= 0.6 is 0 Å². The maximum atomic E-state index is 5.32. The van der Waals surface area contributed by atoms with Crippen LogP contribution < -0.4 is 10.2 Å². The van der Waals surface area contributed by atoms with Gasteiger partial charge in [-0.15, -0.1) is 0 Å². The smallest absolute Gasteiger partial charge is 0.244 e. The standard InChI is InChI=1S/C13H17N5O/c1-18(2)11-6-5-9(8-15-11)12-16-13(19-17-12)10-4-3-7-14-10/h5-6,8,10,14H,3-4,7H2,1-2H3/t10-/m0/s1. The van der Waals surface area contributed by atoms with Gasteiger partial charge in [0.25, 0.3) is 0 Å². The van der Waals surface area contributed by atoms with Gasteiger partial charge in [0.15, 0.2) is 0 Å². The van der Waals surface area contributed by atoms with E-state index in [1.54, 1.807) is 6.20 Å². The Labute approximate surface area is 111 Å². The molecule has 1 atom stereocenters. The summed E-state index contributed by atoms with van der Waals surface area (Å²) in [6.07, 6.45) is 3.98. The predicted molar refractivity (Wildman–Crippen MR) is 71.8 cm³/mol. The topological polar surface area (TPSA) is 67.1 Å². The van der Waals surface area contributed by atoms with E-state index in [0.29, 0.717) is 11.7 Å². The second-order valence-electron chi connectivity index (χ2n) is 4.90. The lowest BCUT2D eigenvalue weighted by Gasteiger charge is -2.10.